The van der Waals surface area contributed by atoms with Crippen LogP contribution < -0.4 is 66.3 Å². The SMILES string of the molecule is CC(CN(CCC(=O)NCC(O)CN)CCC(=O)NCC(O)CN)CN(CC(C)CN(CCC(=O)NCC(O)CN)CCC(=O)NCC(O)CN)CC(C)CN(CCC(=O)NCC(O)CN)CCC(=O)NCC(O)CN. The van der Waals surface area contributed by atoms with Crippen LogP contribution in [-0.2, 0) is 28.8 Å². The molecule has 24 N–H and O–H groups in total. The number of hydrogen-bond acceptors (Lipinski definition) is 22. The van der Waals surface area contributed by atoms with Crippen molar-refractivity contribution in [1.82, 2.24) is 51.5 Å². The van der Waals surface area contributed by atoms with Crippen molar-refractivity contribution >= 4 is 35.4 Å². The highest BCUT2D eigenvalue weighted by Gasteiger charge is 2.24. The van der Waals surface area contributed by atoms with E-state index in [9.17, 15) is 59.4 Å². The van der Waals surface area contributed by atoms with E-state index in [1.54, 1.807) is 0 Å². The minimum absolute atomic E-state index is 0.00566. The number of aliphatic hydroxyl groups is 6. The Morgan fingerprint density at radius 3 is 0.592 bits per heavy atom. The van der Waals surface area contributed by atoms with E-state index in [2.05, 4.69) is 57.6 Å². The van der Waals surface area contributed by atoms with Gasteiger partial charge in [-0.15, -0.1) is 0 Å². The number of rotatable bonds is 48. The molecule has 0 aromatic heterocycles. The Kier molecular flexibility index (Phi) is 41.9. The Morgan fingerprint density at radius 2 is 0.447 bits per heavy atom. The third-order valence-corrected chi connectivity index (χ3v) is 12.2. The first-order valence-corrected chi connectivity index (χ1v) is 26.8. The van der Waals surface area contributed by atoms with E-state index in [0.29, 0.717) is 78.5 Å². The van der Waals surface area contributed by atoms with Crippen molar-refractivity contribution in [1.29, 1.82) is 0 Å². The molecule has 446 valence electrons. The van der Waals surface area contributed by atoms with Gasteiger partial charge in [-0.1, -0.05) is 20.8 Å². The maximum atomic E-state index is 12.9. The van der Waals surface area contributed by atoms with E-state index in [1.165, 1.54) is 0 Å². The fourth-order valence-electron chi connectivity index (χ4n) is 7.90. The van der Waals surface area contributed by atoms with Gasteiger partial charge in [0.2, 0.25) is 35.4 Å². The van der Waals surface area contributed by atoms with Crippen molar-refractivity contribution in [3.63, 3.8) is 0 Å². The Balaban J connectivity index is 6.75. The molecule has 0 saturated heterocycles. The van der Waals surface area contributed by atoms with E-state index in [1.807, 2.05) is 14.7 Å². The lowest BCUT2D eigenvalue weighted by Crippen LogP contribution is -2.45. The van der Waals surface area contributed by atoms with Gasteiger partial charge in [-0.2, -0.15) is 0 Å². The van der Waals surface area contributed by atoms with Gasteiger partial charge in [0.15, 0.2) is 0 Å². The average molecular weight is 1100 g/mol. The predicted octanol–water partition coefficient (Wildman–Crippen LogP) is -8.94. The number of amides is 6. The van der Waals surface area contributed by atoms with Crippen LogP contribution in [0.4, 0.5) is 0 Å². The molecule has 0 aliphatic heterocycles. The molecule has 0 aliphatic rings. The van der Waals surface area contributed by atoms with E-state index in [4.69, 9.17) is 34.4 Å². The summed E-state index contributed by atoms with van der Waals surface area (Å²) in [6.07, 6.45) is -4.91. The van der Waals surface area contributed by atoms with Crippen LogP contribution in [0.25, 0.3) is 0 Å². The summed E-state index contributed by atoms with van der Waals surface area (Å²) in [5.41, 5.74) is 33.1. The van der Waals surface area contributed by atoms with Crippen LogP contribution >= 0.6 is 0 Å². The molecule has 0 aromatic rings. The average Bonchev–Trinajstić information content (AvgIpc) is 3.40. The van der Waals surface area contributed by atoms with Gasteiger partial charge in [0.05, 0.1) is 36.6 Å². The normalized spacial score (nSPS) is 15.4. The topological polar surface area (TPSA) is 465 Å². The molecule has 9 atom stereocenters. The number of aliphatic hydroxyl groups excluding tert-OH is 6. The minimum atomic E-state index is -0.897. The number of carbonyl (C=O) groups excluding carboxylic acids is 6. The highest BCUT2D eigenvalue weighted by atomic mass is 16.3. The summed E-state index contributed by atoms with van der Waals surface area (Å²) in [7, 11) is 0. The van der Waals surface area contributed by atoms with Gasteiger partial charge >= 0.3 is 0 Å². The van der Waals surface area contributed by atoms with Crippen molar-refractivity contribution in [3.05, 3.63) is 0 Å². The Hall–Kier alpha value is -3.82. The van der Waals surface area contributed by atoms with Crippen LogP contribution in [0, 0.1) is 17.8 Å². The van der Waals surface area contributed by atoms with E-state index >= 15 is 0 Å². The summed E-state index contributed by atoms with van der Waals surface area (Å²) in [6, 6.07) is 0. The first-order chi connectivity index (χ1) is 36.0. The zero-order chi connectivity index (χ0) is 57.4. The molecule has 0 bridgehead atoms. The molecule has 0 heterocycles. The quantitative estimate of drug-likeness (QED) is 0.0269. The van der Waals surface area contributed by atoms with Gasteiger partial charge in [0.25, 0.3) is 0 Å². The van der Waals surface area contributed by atoms with Crippen LogP contribution in [0.2, 0.25) is 0 Å². The monoisotopic (exact) mass is 1090 g/mol. The summed E-state index contributed by atoms with van der Waals surface area (Å²) in [4.78, 5) is 85.5. The summed E-state index contributed by atoms with van der Waals surface area (Å²) < 4.78 is 0. The highest BCUT2D eigenvalue weighted by Crippen LogP contribution is 2.14. The fourth-order valence-corrected chi connectivity index (χ4v) is 7.90. The maximum absolute atomic E-state index is 12.9. The Morgan fingerprint density at radius 1 is 0.303 bits per heavy atom. The van der Waals surface area contributed by atoms with Gasteiger partial charge in [0, 0.05) is 196 Å². The van der Waals surface area contributed by atoms with Gasteiger partial charge in [-0.05, 0) is 17.8 Å². The predicted molar refractivity (Wildman–Crippen MR) is 289 cm³/mol. The zero-order valence-corrected chi connectivity index (χ0v) is 45.8. The zero-order valence-electron chi connectivity index (χ0n) is 45.8. The first-order valence-electron chi connectivity index (χ1n) is 26.8. The third-order valence-electron chi connectivity index (χ3n) is 12.2. The smallest absolute Gasteiger partial charge is 0.221 e. The van der Waals surface area contributed by atoms with Crippen LogP contribution in [0.15, 0.2) is 0 Å². The highest BCUT2D eigenvalue weighted by molar-refractivity contribution is 5.78. The molecule has 28 heteroatoms. The molecule has 9 unspecified atom stereocenters. The van der Waals surface area contributed by atoms with Gasteiger partial charge < -0.3 is 117 Å². The van der Waals surface area contributed by atoms with Crippen LogP contribution in [-0.4, -0.2) is 279 Å². The molecule has 0 radical (unpaired) electrons. The first kappa shape index (κ1) is 72.2. The lowest BCUT2D eigenvalue weighted by molar-refractivity contribution is -0.123. The summed E-state index contributed by atoms with van der Waals surface area (Å²) in [5.74, 6) is -1.93. The van der Waals surface area contributed by atoms with Crippen molar-refractivity contribution in [2.45, 2.75) is 95.9 Å². The molecule has 0 rings (SSSR count). The molecular weight excluding hydrogens is 993 g/mol. The van der Waals surface area contributed by atoms with E-state index < -0.39 is 36.6 Å². The second-order valence-corrected chi connectivity index (χ2v) is 20.1. The lowest BCUT2D eigenvalue weighted by atomic mass is 10.0. The van der Waals surface area contributed by atoms with Crippen molar-refractivity contribution in [2.24, 2.45) is 52.2 Å². The molecule has 28 nitrogen and oxygen atoms in total. The number of nitrogens with one attached hydrogen (secondary N) is 6. The summed E-state index contributed by atoms with van der Waals surface area (Å²) in [5, 5.41) is 75.5. The molecule has 0 fully saturated rings. The third kappa shape index (κ3) is 39.5. The van der Waals surface area contributed by atoms with Gasteiger partial charge in [-0.3, -0.25) is 28.8 Å². The van der Waals surface area contributed by atoms with Crippen LogP contribution in [0.1, 0.15) is 59.3 Å². The van der Waals surface area contributed by atoms with E-state index in [0.717, 1.165) is 0 Å². The van der Waals surface area contributed by atoms with Crippen LogP contribution in [0.3, 0.4) is 0 Å². The second-order valence-electron chi connectivity index (χ2n) is 20.1. The van der Waals surface area contributed by atoms with E-state index in [-0.39, 0.29) is 170 Å². The molecule has 0 spiro atoms. The largest absolute Gasteiger partial charge is 0.390 e. The van der Waals surface area contributed by atoms with Crippen LogP contribution in [0.5, 0.6) is 0 Å². The number of hydrogen-bond donors (Lipinski definition) is 18. The molecule has 0 aromatic carbocycles. The molecule has 0 aliphatic carbocycles. The van der Waals surface area contributed by atoms with Gasteiger partial charge in [-0.25, -0.2) is 0 Å². The molecule has 6 amide bonds. The fraction of sp³-hybridized carbons (Fsp3) is 0.875. The van der Waals surface area contributed by atoms with Crippen molar-refractivity contribution < 1.29 is 59.4 Å². The van der Waals surface area contributed by atoms with Gasteiger partial charge in [0.1, 0.15) is 0 Å². The lowest BCUT2D eigenvalue weighted by Gasteiger charge is -2.35. The molecular formula is C48H102N16O12. The minimum Gasteiger partial charge on any atom is -0.390 e. The number of nitrogens with two attached hydrogens (primary N) is 6. The molecule has 76 heavy (non-hydrogen) atoms. The van der Waals surface area contributed by atoms with Crippen molar-refractivity contribution in [2.75, 3.05) is 157 Å². The Bertz CT molecular complexity index is 1320. The molecule has 0 saturated carbocycles. The van der Waals surface area contributed by atoms with Crippen molar-refractivity contribution in [3.8, 4) is 0 Å². The maximum Gasteiger partial charge on any atom is 0.221 e. The number of carbonyl (C=O) groups is 6. The standard InChI is InChI=1S/C48H102N16O12/c1-34(28-61(10-4-43(71)55-22-37(65)16-49)11-5-44(72)56-23-38(66)17-50)31-64(32-35(2)29-62(12-6-45(73)57-24-39(67)18-51)13-7-46(74)58-25-40(68)19-52)33-36(3)30-63(14-8-47(75)59-26-41(69)20-53)15-9-48(76)60-27-42(70)21-54/h34-42,65-70H,4-33,49-54H2,1-3H3,(H,55,71)(H,56,72)(H,57,73)(H,58,74)(H,59,75)(H,60,76). The number of nitrogens with zero attached hydrogens (tertiary/aromatic N) is 4. The summed E-state index contributed by atoms with van der Waals surface area (Å²) in [6.45, 7) is 10.8. The Labute approximate surface area is 450 Å². The summed E-state index contributed by atoms with van der Waals surface area (Å²) >= 11 is 0. The second kappa shape index (κ2) is 44.1.